The Balaban J connectivity index is 1.19. The summed E-state index contributed by atoms with van der Waals surface area (Å²) in [6.07, 6.45) is 16.6. The van der Waals surface area contributed by atoms with Crippen molar-refractivity contribution >= 4 is 17.8 Å². The second-order valence-corrected chi connectivity index (χ2v) is 22.0. The summed E-state index contributed by atoms with van der Waals surface area (Å²) >= 11 is 0. The molecule has 0 bridgehead atoms. The zero-order valence-corrected chi connectivity index (χ0v) is 35.4. The Morgan fingerprint density at radius 2 is 1.49 bits per heavy atom. The van der Waals surface area contributed by atoms with E-state index in [1.54, 1.807) is 0 Å². The molecule has 7 heteroatoms. The Hall–Kier alpha value is -1.89. The van der Waals surface area contributed by atoms with E-state index in [0.29, 0.717) is 54.0 Å². The number of carboxylic acid groups (broad SMARTS) is 1. The molecule has 6 aliphatic rings. The van der Waals surface area contributed by atoms with Gasteiger partial charge in [0.05, 0.1) is 12.8 Å². The first-order valence-corrected chi connectivity index (χ1v) is 21.6. The number of carboxylic acids is 1. The molecule has 6 aliphatic carbocycles. The second-order valence-electron chi connectivity index (χ2n) is 22.0. The number of aliphatic carboxylic acids is 1. The van der Waals surface area contributed by atoms with Crippen LogP contribution < -0.4 is 5.32 Å². The third kappa shape index (κ3) is 7.07. The lowest BCUT2D eigenvalue weighted by Crippen LogP contribution is -2.67. The van der Waals surface area contributed by atoms with E-state index in [-0.39, 0.29) is 52.0 Å². The summed E-state index contributed by atoms with van der Waals surface area (Å²) in [4.78, 5) is 41.0. The van der Waals surface area contributed by atoms with Crippen LogP contribution in [0.15, 0.2) is 12.2 Å². The lowest BCUT2D eigenvalue weighted by molar-refractivity contribution is -0.250. The molecule has 0 aromatic carbocycles. The van der Waals surface area contributed by atoms with E-state index in [9.17, 15) is 19.5 Å². The van der Waals surface area contributed by atoms with Gasteiger partial charge in [-0.05, 0) is 168 Å². The number of fused-ring (bicyclic) bond motifs is 7. The normalized spacial score (nSPS) is 43.5. The molecule has 1 amide bonds. The van der Waals surface area contributed by atoms with Crippen molar-refractivity contribution in [1.29, 1.82) is 0 Å². The maximum absolute atomic E-state index is 14.0. The summed E-state index contributed by atoms with van der Waals surface area (Å²) in [5, 5.41) is 12.9. The number of hydrogen-bond donors (Lipinski definition) is 2. The molecule has 300 valence electrons. The van der Waals surface area contributed by atoms with Crippen LogP contribution >= 0.6 is 0 Å². The van der Waals surface area contributed by atoms with Crippen LogP contribution in [0.25, 0.3) is 0 Å². The first-order chi connectivity index (χ1) is 24.6. The van der Waals surface area contributed by atoms with E-state index in [2.05, 4.69) is 72.4 Å². The van der Waals surface area contributed by atoms with Crippen molar-refractivity contribution in [3.8, 4) is 0 Å². The highest BCUT2D eigenvalue weighted by atomic mass is 16.5. The van der Waals surface area contributed by atoms with Gasteiger partial charge in [-0.25, -0.2) is 0 Å². The lowest BCUT2D eigenvalue weighted by atomic mass is 9.32. The van der Waals surface area contributed by atoms with E-state index in [1.165, 1.54) is 50.5 Å². The van der Waals surface area contributed by atoms with Gasteiger partial charge >= 0.3 is 11.9 Å². The van der Waals surface area contributed by atoms with E-state index in [1.807, 2.05) is 13.8 Å². The van der Waals surface area contributed by atoms with Gasteiger partial charge in [-0.2, -0.15) is 0 Å². The van der Waals surface area contributed by atoms with E-state index < -0.39 is 11.4 Å². The molecule has 6 fully saturated rings. The first kappa shape index (κ1) is 40.8. The van der Waals surface area contributed by atoms with Crippen LogP contribution in [0.1, 0.15) is 165 Å². The molecule has 0 saturated heterocycles. The minimum atomic E-state index is -0.879. The van der Waals surface area contributed by atoms with Gasteiger partial charge in [-0.15, -0.1) is 0 Å². The Morgan fingerprint density at radius 1 is 0.811 bits per heavy atom. The SMILES string of the molecule is C=C(C)[C@@H]1CC[C@]2(CC(=O)NC3CCC(N(C)C)CC3)CC[C@]3(C)[C@H](CC[C@@H]4[C@@]5(C)CC[C@H](OC(=O)CC(C)(C)CC(=O)O)C(C)(C)[C@@H]5CC[C@]43C)[C@@H]12. The van der Waals surface area contributed by atoms with E-state index >= 15 is 0 Å². The number of ether oxygens (including phenoxy) is 1. The number of carbonyl (C=O) groups excluding carboxylic acids is 2. The van der Waals surface area contributed by atoms with Crippen molar-refractivity contribution in [2.75, 3.05) is 14.1 Å². The Kier molecular flexibility index (Phi) is 11.0. The molecule has 0 aromatic heterocycles. The minimum Gasteiger partial charge on any atom is -0.481 e. The van der Waals surface area contributed by atoms with Crippen molar-refractivity contribution in [3.05, 3.63) is 12.2 Å². The summed E-state index contributed by atoms with van der Waals surface area (Å²) in [6, 6.07) is 0.952. The zero-order chi connectivity index (χ0) is 38.9. The van der Waals surface area contributed by atoms with Crippen LogP contribution in [0.5, 0.6) is 0 Å². The van der Waals surface area contributed by atoms with Crippen molar-refractivity contribution < 1.29 is 24.2 Å². The summed E-state index contributed by atoms with van der Waals surface area (Å²) in [7, 11) is 4.36. The van der Waals surface area contributed by atoms with Crippen LogP contribution in [0, 0.1) is 62.1 Å². The fourth-order valence-electron chi connectivity index (χ4n) is 15.2. The van der Waals surface area contributed by atoms with E-state index in [0.717, 1.165) is 44.9 Å². The molecule has 53 heavy (non-hydrogen) atoms. The maximum Gasteiger partial charge on any atom is 0.306 e. The van der Waals surface area contributed by atoms with Crippen molar-refractivity contribution in [2.24, 2.45) is 62.1 Å². The standard InChI is InChI=1S/C46H76N2O5/c1-29(2)32-18-23-46(26-37(49)47-30-12-14-31(15-13-30)48(10)11)25-24-44(8)33(40(32)46)16-17-35-43(7)21-20-36(42(5,6)34(43)19-22-45(35,44)9)53-39(52)28-41(3,4)27-38(50)51/h30-36,40H,1,12-28H2,2-11H3,(H,47,49)(H,50,51)/t30?,31?,32-,33+,34-,35+,36-,40+,43-,44+,45+,46+/m0/s1. The first-order valence-electron chi connectivity index (χ1n) is 21.6. The molecular weight excluding hydrogens is 661 g/mol. The van der Waals surface area contributed by atoms with Crippen molar-refractivity contribution in [2.45, 2.75) is 183 Å². The number of nitrogens with one attached hydrogen (secondary N) is 1. The minimum absolute atomic E-state index is 0.0444. The van der Waals surface area contributed by atoms with Gasteiger partial charge in [-0.1, -0.05) is 60.6 Å². The van der Waals surface area contributed by atoms with Crippen LogP contribution in [0.2, 0.25) is 0 Å². The molecule has 10 atom stereocenters. The summed E-state index contributed by atoms with van der Waals surface area (Å²) in [5.74, 6) is 1.85. The molecule has 0 aliphatic heterocycles. The van der Waals surface area contributed by atoms with Crippen LogP contribution in [-0.4, -0.2) is 60.1 Å². The molecule has 0 unspecified atom stereocenters. The summed E-state index contributed by atoms with van der Waals surface area (Å²) in [6.45, 7) is 23.2. The third-order valence-electron chi connectivity index (χ3n) is 18.0. The average molecular weight is 737 g/mol. The zero-order valence-electron chi connectivity index (χ0n) is 35.4. The smallest absolute Gasteiger partial charge is 0.306 e. The van der Waals surface area contributed by atoms with Crippen LogP contribution in [0.3, 0.4) is 0 Å². The highest BCUT2D eigenvalue weighted by molar-refractivity contribution is 5.77. The second kappa shape index (κ2) is 14.2. The number of nitrogens with zero attached hydrogens (tertiary/aromatic N) is 1. The predicted octanol–water partition coefficient (Wildman–Crippen LogP) is 9.83. The molecule has 2 N–H and O–H groups in total. The van der Waals surface area contributed by atoms with Crippen LogP contribution in [-0.2, 0) is 19.1 Å². The van der Waals surface area contributed by atoms with Gasteiger partial charge in [0.25, 0.3) is 0 Å². The number of rotatable bonds is 10. The molecular formula is C46H76N2O5. The van der Waals surface area contributed by atoms with Gasteiger partial charge in [0.2, 0.25) is 5.91 Å². The van der Waals surface area contributed by atoms with Gasteiger partial charge in [-0.3, -0.25) is 14.4 Å². The van der Waals surface area contributed by atoms with Gasteiger partial charge in [0.15, 0.2) is 0 Å². The number of hydrogen-bond acceptors (Lipinski definition) is 5. The number of allylic oxidation sites excluding steroid dienone is 1. The highest BCUT2D eigenvalue weighted by Gasteiger charge is 2.71. The average Bonchev–Trinajstić information content (AvgIpc) is 3.41. The molecule has 7 nitrogen and oxygen atoms in total. The molecule has 0 heterocycles. The highest BCUT2D eigenvalue weighted by Crippen LogP contribution is 2.78. The molecule has 6 saturated carbocycles. The van der Waals surface area contributed by atoms with Gasteiger partial charge < -0.3 is 20.1 Å². The van der Waals surface area contributed by atoms with Gasteiger partial charge in [0.1, 0.15) is 6.10 Å². The molecule has 0 aromatic rings. The van der Waals surface area contributed by atoms with E-state index in [4.69, 9.17) is 4.74 Å². The molecule has 0 radical (unpaired) electrons. The largest absolute Gasteiger partial charge is 0.481 e. The fraction of sp³-hybridized carbons (Fsp3) is 0.891. The van der Waals surface area contributed by atoms with Crippen LogP contribution in [0.4, 0.5) is 0 Å². The summed E-state index contributed by atoms with van der Waals surface area (Å²) < 4.78 is 6.30. The van der Waals surface area contributed by atoms with Gasteiger partial charge in [0, 0.05) is 23.9 Å². The Labute approximate surface area is 322 Å². The predicted molar refractivity (Wildman–Crippen MR) is 212 cm³/mol. The number of carbonyl (C=O) groups is 3. The monoisotopic (exact) mass is 737 g/mol. The lowest BCUT2D eigenvalue weighted by Gasteiger charge is -2.73. The third-order valence-corrected chi connectivity index (χ3v) is 18.0. The maximum atomic E-state index is 14.0. The fourth-order valence-corrected chi connectivity index (χ4v) is 15.2. The number of esters is 1. The summed E-state index contributed by atoms with van der Waals surface area (Å²) in [5.41, 5.74) is 1.20. The molecule has 0 spiro atoms. The topological polar surface area (TPSA) is 95.9 Å². The Morgan fingerprint density at radius 3 is 2.11 bits per heavy atom. The quantitative estimate of drug-likeness (QED) is 0.171. The Bertz CT molecular complexity index is 1430. The van der Waals surface area contributed by atoms with Crippen molar-refractivity contribution in [1.82, 2.24) is 10.2 Å². The number of amides is 1. The van der Waals surface area contributed by atoms with Crippen molar-refractivity contribution in [3.63, 3.8) is 0 Å². The molecule has 6 rings (SSSR count).